The summed E-state index contributed by atoms with van der Waals surface area (Å²) in [6, 6.07) is 24.6. The number of aromatic nitrogens is 1. The van der Waals surface area contributed by atoms with Gasteiger partial charge in [-0.15, -0.1) is 11.8 Å². The van der Waals surface area contributed by atoms with Crippen molar-refractivity contribution < 1.29 is 33.3 Å². The molecule has 1 unspecified atom stereocenters. The molecule has 0 aliphatic heterocycles. The van der Waals surface area contributed by atoms with Gasteiger partial charge in [0.1, 0.15) is 11.4 Å². The van der Waals surface area contributed by atoms with Gasteiger partial charge in [-0.25, -0.2) is 4.98 Å². The zero-order chi connectivity index (χ0) is 35.6. The van der Waals surface area contributed by atoms with Crippen LogP contribution in [-0.2, 0) is 9.59 Å². The first-order valence-corrected chi connectivity index (χ1v) is 17.2. The smallest absolute Gasteiger partial charge is 0.272 e. The second-order valence-corrected chi connectivity index (χ2v) is 13.1. The van der Waals surface area contributed by atoms with Crippen molar-refractivity contribution in [3.05, 3.63) is 102 Å². The molecular weight excluding hydrogens is 677 g/mol. The van der Waals surface area contributed by atoms with E-state index in [1.807, 2.05) is 31.2 Å². The van der Waals surface area contributed by atoms with E-state index in [9.17, 15) is 14.4 Å². The Kier molecular flexibility index (Phi) is 12.0. The molecule has 50 heavy (non-hydrogen) atoms. The number of amides is 3. The monoisotopic (exact) mass is 712 g/mol. The molecule has 3 N–H and O–H groups in total. The van der Waals surface area contributed by atoms with Gasteiger partial charge in [0, 0.05) is 16.1 Å². The van der Waals surface area contributed by atoms with Crippen LogP contribution in [0.25, 0.3) is 16.3 Å². The Morgan fingerprint density at radius 3 is 2.30 bits per heavy atom. The molecule has 0 spiro atoms. The lowest BCUT2D eigenvalue weighted by molar-refractivity contribution is -0.115. The van der Waals surface area contributed by atoms with Crippen molar-refractivity contribution in [2.45, 2.75) is 24.0 Å². The van der Waals surface area contributed by atoms with Crippen LogP contribution >= 0.6 is 23.1 Å². The summed E-state index contributed by atoms with van der Waals surface area (Å²) in [7, 11) is 4.48. The summed E-state index contributed by atoms with van der Waals surface area (Å²) >= 11 is 2.70. The number of benzene rings is 4. The highest BCUT2D eigenvalue weighted by molar-refractivity contribution is 8.00. The van der Waals surface area contributed by atoms with Crippen LogP contribution in [0.4, 0.5) is 10.8 Å². The third-order valence-corrected chi connectivity index (χ3v) is 9.23. The second kappa shape index (κ2) is 16.7. The summed E-state index contributed by atoms with van der Waals surface area (Å²) in [5.41, 5.74) is 2.11. The van der Waals surface area contributed by atoms with Crippen molar-refractivity contribution in [1.82, 2.24) is 10.3 Å². The molecule has 4 aromatic carbocycles. The van der Waals surface area contributed by atoms with Crippen molar-refractivity contribution in [3.63, 3.8) is 0 Å². The Bertz CT molecular complexity index is 2010. The van der Waals surface area contributed by atoms with Gasteiger partial charge in [0.25, 0.3) is 11.8 Å². The first-order chi connectivity index (χ1) is 24.2. The Balaban J connectivity index is 1.32. The summed E-state index contributed by atoms with van der Waals surface area (Å²) in [6.07, 6.45) is 1.52. The van der Waals surface area contributed by atoms with Crippen molar-refractivity contribution in [3.8, 4) is 23.0 Å². The number of nitrogens with zero attached hydrogens (tertiary/aromatic N) is 1. The molecule has 0 saturated carbocycles. The summed E-state index contributed by atoms with van der Waals surface area (Å²) in [5.74, 6) is 0.654. The second-order valence-electron chi connectivity index (χ2n) is 10.6. The normalized spacial score (nSPS) is 11.7. The SMILES string of the molecule is CCOc1ccc2nc(NC(=O)C(C)Sc3cccc(NC(=O)/C(=C\c4cc(OC)c(OC)c(OC)c4)NC(=O)c4ccccc4)c3)sc2c1. The van der Waals surface area contributed by atoms with Crippen molar-refractivity contribution in [1.29, 1.82) is 0 Å². The Morgan fingerprint density at radius 1 is 0.880 bits per heavy atom. The fraction of sp³-hybridized carbons (Fsp3) is 0.189. The predicted molar refractivity (Wildman–Crippen MR) is 198 cm³/mol. The number of thioether (sulfide) groups is 1. The molecule has 0 aliphatic rings. The number of carbonyl (C=O) groups excluding carboxylic acids is 3. The zero-order valence-corrected chi connectivity index (χ0v) is 29.7. The van der Waals surface area contributed by atoms with E-state index in [4.69, 9.17) is 18.9 Å². The van der Waals surface area contributed by atoms with Crippen molar-refractivity contribution in [2.24, 2.45) is 0 Å². The van der Waals surface area contributed by atoms with Crippen molar-refractivity contribution in [2.75, 3.05) is 38.6 Å². The molecule has 0 fully saturated rings. The van der Waals surface area contributed by atoms with E-state index in [0.717, 1.165) is 20.9 Å². The zero-order valence-electron chi connectivity index (χ0n) is 28.1. The number of hydrogen-bond donors (Lipinski definition) is 3. The van der Waals surface area contributed by atoms with E-state index in [1.165, 1.54) is 50.5 Å². The van der Waals surface area contributed by atoms with Crippen LogP contribution in [0.3, 0.4) is 0 Å². The third kappa shape index (κ3) is 8.92. The molecule has 5 aromatic rings. The predicted octanol–water partition coefficient (Wildman–Crippen LogP) is 7.25. The Hall–Kier alpha value is -5.53. The number of ether oxygens (including phenoxy) is 4. The molecule has 5 rings (SSSR count). The average molecular weight is 713 g/mol. The highest BCUT2D eigenvalue weighted by Gasteiger charge is 2.20. The average Bonchev–Trinajstić information content (AvgIpc) is 3.52. The highest BCUT2D eigenvalue weighted by Crippen LogP contribution is 2.39. The molecule has 1 aromatic heterocycles. The van der Waals surface area contributed by atoms with Gasteiger partial charge >= 0.3 is 0 Å². The van der Waals surface area contributed by atoms with Crippen LogP contribution in [0, 0.1) is 0 Å². The number of methoxy groups -OCH3 is 3. The van der Waals surface area contributed by atoms with Crippen LogP contribution in [0.2, 0.25) is 0 Å². The number of rotatable bonds is 14. The van der Waals surface area contributed by atoms with E-state index in [0.29, 0.717) is 45.8 Å². The number of fused-ring (bicyclic) bond motifs is 1. The quantitative estimate of drug-likeness (QED) is 0.0803. The molecule has 3 amide bonds. The largest absolute Gasteiger partial charge is 0.494 e. The molecule has 11 nitrogen and oxygen atoms in total. The fourth-order valence-corrected chi connectivity index (χ4v) is 6.64. The molecule has 1 heterocycles. The van der Waals surface area contributed by atoms with E-state index >= 15 is 0 Å². The summed E-state index contributed by atoms with van der Waals surface area (Å²) in [4.78, 5) is 45.3. The Labute approximate surface area is 298 Å². The maximum atomic E-state index is 13.7. The first kappa shape index (κ1) is 35.8. The summed E-state index contributed by atoms with van der Waals surface area (Å²) < 4.78 is 22.8. The van der Waals surface area contributed by atoms with Gasteiger partial charge in [0.15, 0.2) is 16.6 Å². The fourth-order valence-electron chi connectivity index (χ4n) is 4.82. The number of carbonyl (C=O) groups is 3. The Morgan fingerprint density at radius 2 is 1.62 bits per heavy atom. The van der Waals surface area contributed by atoms with Crippen molar-refractivity contribution >= 4 is 67.9 Å². The third-order valence-electron chi connectivity index (χ3n) is 7.20. The molecular formula is C37H36N4O7S2. The number of hydrogen-bond acceptors (Lipinski definition) is 10. The van der Waals surface area contributed by atoms with Crippen LogP contribution in [0.15, 0.2) is 95.5 Å². The van der Waals surface area contributed by atoms with Gasteiger partial charge in [0.05, 0.1) is 43.4 Å². The minimum absolute atomic E-state index is 0.0249. The lowest BCUT2D eigenvalue weighted by Gasteiger charge is -2.15. The van der Waals surface area contributed by atoms with Crippen LogP contribution in [-0.4, -0.2) is 55.9 Å². The van der Waals surface area contributed by atoms with Gasteiger partial charge in [-0.3, -0.25) is 14.4 Å². The minimum Gasteiger partial charge on any atom is -0.494 e. The standard InChI is InChI=1S/C37H36N4O7S2/c1-6-48-26-15-16-28-32(21-26)50-37(40-28)41-34(42)22(2)49-27-14-10-13-25(20-27)38-36(44)29(39-35(43)24-11-8-7-9-12-24)17-23-18-30(45-3)33(47-5)31(19-23)46-4/h7-22H,6H2,1-5H3,(H,38,44)(H,39,43)(H,40,41,42)/b29-17+. The van der Waals surface area contributed by atoms with Gasteiger partial charge in [-0.05, 0) is 86.2 Å². The molecule has 0 saturated heterocycles. The van der Waals surface area contributed by atoms with Gasteiger partial charge < -0.3 is 34.9 Å². The first-order valence-electron chi connectivity index (χ1n) is 15.5. The molecule has 0 bridgehead atoms. The van der Waals surface area contributed by atoms with E-state index in [1.54, 1.807) is 67.6 Å². The number of anilines is 2. The molecule has 1 atom stereocenters. The minimum atomic E-state index is -0.570. The summed E-state index contributed by atoms with van der Waals surface area (Å²) in [5, 5.41) is 8.53. The van der Waals surface area contributed by atoms with Gasteiger partial charge in [-0.2, -0.15) is 0 Å². The molecule has 0 aliphatic carbocycles. The number of nitrogens with one attached hydrogen (secondary N) is 3. The van der Waals surface area contributed by atoms with Gasteiger partial charge in [0.2, 0.25) is 11.7 Å². The maximum absolute atomic E-state index is 13.7. The topological polar surface area (TPSA) is 137 Å². The van der Waals surface area contributed by atoms with Crippen LogP contribution < -0.4 is 34.9 Å². The maximum Gasteiger partial charge on any atom is 0.272 e. The molecule has 258 valence electrons. The van der Waals surface area contributed by atoms with Crippen LogP contribution in [0.5, 0.6) is 23.0 Å². The summed E-state index contributed by atoms with van der Waals surface area (Å²) in [6.45, 7) is 4.28. The number of thiazole rings is 1. The van der Waals surface area contributed by atoms with E-state index in [-0.39, 0.29) is 11.6 Å². The van der Waals surface area contributed by atoms with Crippen LogP contribution in [0.1, 0.15) is 29.8 Å². The molecule has 0 radical (unpaired) electrons. The lowest BCUT2D eigenvalue weighted by atomic mass is 10.1. The lowest BCUT2D eigenvalue weighted by Crippen LogP contribution is -2.30. The van der Waals surface area contributed by atoms with E-state index < -0.39 is 17.1 Å². The van der Waals surface area contributed by atoms with Gasteiger partial charge in [-0.1, -0.05) is 35.6 Å². The van der Waals surface area contributed by atoms with E-state index in [2.05, 4.69) is 20.9 Å². The highest BCUT2D eigenvalue weighted by atomic mass is 32.2. The molecule has 13 heteroatoms.